The zero-order valence-corrected chi connectivity index (χ0v) is 10.1. The van der Waals surface area contributed by atoms with Gasteiger partial charge in [-0.25, -0.2) is 0 Å². The number of amides is 1. The summed E-state index contributed by atoms with van der Waals surface area (Å²) in [4.78, 5) is 22.2. The average molecular weight is 257 g/mol. The summed E-state index contributed by atoms with van der Waals surface area (Å²) < 4.78 is 4.42. The standard InChI is InChI=1S/C11H13ClN2O3/c1-17-11(16)7-13-6-10(15)14-9-4-2-8(12)3-5-9/h2-5,13H,6-7H2,1H3,(H,14,15). The first-order chi connectivity index (χ1) is 8.11. The minimum Gasteiger partial charge on any atom is -0.468 e. The Morgan fingerprint density at radius 1 is 1.24 bits per heavy atom. The zero-order valence-electron chi connectivity index (χ0n) is 9.33. The lowest BCUT2D eigenvalue weighted by molar-refractivity contribution is -0.139. The van der Waals surface area contributed by atoms with E-state index in [2.05, 4.69) is 15.4 Å². The Bertz CT molecular complexity index is 392. The lowest BCUT2D eigenvalue weighted by Crippen LogP contribution is -2.32. The molecule has 0 heterocycles. The normalized spacial score (nSPS) is 9.76. The molecule has 0 aliphatic carbocycles. The van der Waals surface area contributed by atoms with Gasteiger partial charge in [0.2, 0.25) is 5.91 Å². The van der Waals surface area contributed by atoms with E-state index in [9.17, 15) is 9.59 Å². The highest BCUT2D eigenvalue weighted by atomic mass is 35.5. The summed E-state index contributed by atoms with van der Waals surface area (Å²) in [5.74, 6) is -0.652. The first-order valence-electron chi connectivity index (χ1n) is 4.95. The molecule has 0 fully saturated rings. The number of rotatable bonds is 5. The fourth-order valence-electron chi connectivity index (χ4n) is 1.09. The molecule has 1 aromatic carbocycles. The van der Waals surface area contributed by atoms with E-state index in [1.54, 1.807) is 24.3 Å². The predicted molar refractivity (Wildman–Crippen MR) is 65.0 cm³/mol. The van der Waals surface area contributed by atoms with Crippen molar-refractivity contribution in [2.45, 2.75) is 0 Å². The van der Waals surface area contributed by atoms with Gasteiger partial charge in [0.1, 0.15) is 0 Å². The molecule has 2 N–H and O–H groups in total. The smallest absolute Gasteiger partial charge is 0.319 e. The Morgan fingerprint density at radius 2 is 1.88 bits per heavy atom. The highest BCUT2D eigenvalue weighted by Crippen LogP contribution is 2.12. The van der Waals surface area contributed by atoms with Gasteiger partial charge in [-0.2, -0.15) is 0 Å². The van der Waals surface area contributed by atoms with Gasteiger partial charge in [-0.05, 0) is 24.3 Å². The maximum Gasteiger partial charge on any atom is 0.319 e. The van der Waals surface area contributed by atoms with Gasteiger partial charge in [0, 0.05) is 10.7 Å². The summed E-state index contributed by atoms with van der Waals surface area (Å²) in [6.07, 6.45) is 0. The SMILES string of the molecule is COC(=O)CNCC(=O)Nc1ccc(Cl)cc1. The van der Waals surface area contributed by atoms with E-state index >= 15 is 0 Å². The topological polar surface area (TPSA) is 67.4 Å². The quantitative estimate of drug-likeness (QED) is 0.773. The molecule has 1 aromatic rings. The van der Waals surface area contributed by atoms with E-state index in [1.165, 1.54) is 7.11 Å². The largest absolute Gasteiger partial charge is 0.468 e. The van der Waals surface area contributed by atoms with Gasteiger partial charge >= 0.3 is 5.97 Å². The van der Waals surface area contributed by atoms with Gasteiger partial charge in [0.15, 0.2) is 0 Å². The summed E-state index contributed by atoms with van der Waals surface area (Å²) in [5.41, 5.74) is 0.652. The molecule has 0 aliphatic heterocycles. The van der Waals surface area contributed by atoms with Crippen LogP contribution in [0.1, 0.15) is 0 Å². The second kappa shape index (κ2) is 6.88. The molecule has 0 unspecified atom stereocenters. The van der Waals surface area contributed by atoms with Crippen molar-refractivity contribution in [3.8, 4) is 0 Å². The Kier molecular flexibility index (Phi) is 5.45. The van der Waals surface area contributed by atoms with Gasteiger partial charge in [-0.1, -0.05) is 11.6 Å². The van der Waals surface area contributed by atoms with E-state index in [4.69, 9.17) is 11.6 Å². The first-order valence-corrected chi connectivity index (χ1v) is 5.32. The molecule has 0 aromatic heterocycles. The van der Waals surface area contributed by atoms with Crippen LogP contribution in [0.25, 0.3) is 0 Å². The predicted octanol–water partition coefficient (Wildman–Crippen LogP) is 1.04. The molecular formula is C11H13ClN2O3. The van der Waals surface area contributed by atoms with Crippen LogP contribution in [0.4, 0.5) is 5.69 Å². The molecular weight excluding hydrogens is 244 g/mol. The molecule has 0 atom stereocenters. The number of carbonyl (C=O) groups is 2. The van der Waals surface area contributed by atoms with E-state index in [0.717, 1.165) is 0 Å². The second-order valence-corrected chi connectivity index (χ2v) is 3.67. The van der Waals surface area contributed by atoms with Gasteiger partial charge in [0.05, 0.1) is 20.2 Å². The van der Waals surface area contributed by atoms with Crippen molar-refractivity contribution in [1.82, 2.24) is 5.32 Å². The van der Waals surface area contributed by atoms with Gasteiger partial charge in [-0.3, -0.25) is 14.9 Å². The van der Waals surface area contributed by atoms with Gasteiger partial charge < -0.3 is 10.1 Å². The van der Waals surface area contributed by atoms with E-state index in [-0.39, 0.29) is 19.0 Å². The monoisotopic (exact) mass is 256 g/mol. The fraction of sp³-hybridized carbons (Fsp3) is 0.273. The Morgan fingerprint density at radius 3 is 2.47 bits per heavy atom. The molecule has 0 radical (unpaired) electrons. The lowest BCUT2D eigenvalue weighted by Gasteiger charge is -2.06. The second-order valence-electron chi connectivity index (χ2n) is 3.23. The molecule has 0 saturated carbocycles. The first kappa shape index (κ1) is 13.5. The van der Waals surface area contributed by atoms with E-state index in [1.807, 2.05) is 0 Å². The van der Waals surface area contributed by atoms with E-state index in [0.29, 0.717) is 10.7 Å². The van der Waals surface area contributed by atoms with Crippen molar-refractivity contribution in [2.24, 2.45) is 0 Å². The van der Waals surface area contributed by atoms with Crippen molar-refractivity contribution < 1.29 is 14.3 Å². The molecule has 0 spiro atoms. The molecule has 0 bridgehead atoms. The molecule has 1 amide bonds. The number of hydrogen-bond donors (Lipinski definition) is 2. The molecule has 5 nitrogen and oxygen atoms in total. The number of methoxy groups -OCH3 is 1. The Labute approximate surface area is 104 Å². The Hall–Kier alpha value is -1.59. The van der Waals surface area contributed by atoms with Crippen LogP contribution in [-0.4, -0.2) is 32.1 Å². The van der Waals surface area contributed by atoms with Crippen molar-refractivity contribution in [3.05, 3.63) is 29.3 Å². The molecule has 0 aliphatic rings. The van der Waals surface area contributed by atoms with Crippen LogP contribution in [0.2, 0.25) is 5.02 Å². The summed E-state index contributed by atoms with van der Waals surface area (Å²) >= 11 is 5.71. The molecule has 17 heavy (non-hydrogen) atoms. The van der Waals surface area contributed by atoms with Crippen molar-refractivity contribution in [2.75, 3.05) is 25.5 Å². The number of benzene rings is 1. The summed E-state index contributed by atoms with van der Waals surface area (Å²) in [7, 11) is 1.29. The van der Waals surface area contributed by atoms with Crippen LogP contribution in [0.5, 0.6) is 0 Å². The number of nitrogens with one attached hydrogen (secondary N) is 2. The number of carbonyl (C=O) groups excluding carboxylic acids is 2. The third-order valence-electron chi connectivity index (χ3n) is 1.91. The number of esters is 1. The highest BCUT2D eigenvalue weighted by Gasteiger charge is 2.04. The van der Waals surface area contributed by atoms with Crippen LogP contribution in [0, 0.1) is 0 Å². The molecule has 1 rings (SSSR count). The highest BCUT2D eigenvalue weighted by molar-refractivity contribution is 6.30. The van der Waals surface area contributed by atoms with Crippen LogP contribution < -0.4 is 10.6 Å². The van der Waals surface area contributed by atoms with Crippen LogP contribution in [0.3, 0.4) is 0 Å². The molecule has 0 saturated heterocycles. The number of ether oxygens (including phenoxy) is 1. The van der Waals surface area contributed by atoms with Gasteiger partial charge in [0.25, 0.3) is 0 Å². The summed E-state index contributed by atoms with van der Waals surface area (Å²) in [5, 5.41) is 5.91. The van der Waals surface area contributed by atoms with Crippen molar-refractivity contribution in [1.29, 1.82) is 0 Å². The zero-order chi connectivity index (χ0) is 12.7. The van der Waals surface area contributed by atoms with Gasteiger partial charge in [-0.15, -0.1) is 0 Å². The number of anilines is 1. The van der Waals surface area contributed by atoms with E-state index < -0.39 is 5.97 Å². The maximum absolute atomic E-state index is 11.4. The minimum absolute atomic E-state index is 0.00450. The maximum atomic E-state index is 11.4. The van der Waals surface area contributed by atoms with Crippen molar-refractivity contribution in [3.63, 3.8) is 0 Å². The molecule has 92 valence electrons. The number of halogens is 1. The third-order valence-corrected chi connectivity index (χ3v) is 2.16. The summed E-state index contributed by atoms with van der Waals surface area (Å²) in [6.45, 7) is 0.0439. The average Bonchev–Trinajstić information content (AvgIpc) is 2.32. The summed E-state index contributed by atoms with van der Waals surface area (Å²) in [6, 6.07) is 6.75. The minimum atomic E-state index is -0.413. The fourth-order valence-corrected chi connectivity index (χ4v) is 1.21. The number of hydrogen-bond acceptors (Lipinski definition) is 4. The van der Waals surface area contributed by atoms with Crippen LogP contribution >= 0.6 is 11.6 Å². The Balaban J connectivity index is 2.30. The van der Waals surface area contributed by atoms with Crippen LogP contribution in [-0.2, 0) is 14.3 Å². The van der Waals surface area contributed by atoms with Crippen LogP contribution in [0.15, 0.2) is 24.3 Å². The third kappa shape index (κ3) is 5.33. The van der Waals surface area contributed by atoms with Crippen molar-refractivity contribution >= 4 is 29.2 Å². The molecule has 6 heteroatoms. The lowest BCUT2D eigenvalue weighted by atomic mass is 10.3.